The van der Waals surface area contributed by atoms with E-state index in [0.717, 1.165) is 13.0 Å². The third-order valence-corrected chi connectivity index (χ3v) is 8.00. The summed E-state index contributed by atoms with van der Waals surface area (Å²) in [4.78, 5) is 4.15. The predicted octanol–water partition coefficient (Wildman–Crippen LogP) is 4.64. The van der Waals surface area contributed by atoms with Gasteiger partial charge in [-0.25, -0.2) is 4.98 Å². The summed E-state index contributed by atoms with van der Waals surface area (Å²) in [5.74, 6) is 2.59. The molecule has 0 atom stereocenters. The van der Waals surface area contributed by atoms with Crippen LogP contribution in [0.5, 0.6) is 0 Å². The molecule has 3 rings (SSSR count). The molecule has 0 unspecified atom stereocenters. The topological polar surface area (TPSA) is 17.8 Å². The van der Waals surface area contributed by atoms with Crippen molar-refractivity contribution in [3.8, 4) is 0 Å². The van der Waals surface area contributed by atoms with Gasteiger partial charge < -0.3 is 4.57 Å². The molecule has 0 radical (unpaired) electrons. The number of thioether (sulfide) groups is 2. The number of nitrogens with zero attached hydrogens (tertiary/aromatic N) is 2. The van der Waals surface area contributed by atoms with Crippen LogP contribution < -0.4 is 0 Å². The van der Waals surface area contributed by atoms with Crippen LogP contribution >= 0.6 is 23.5 Å². The van der Waals surface area contributed by atoms with Crippen molar-refractivity contribution in [2.45, 2.75) is 43.2 Å². The normalized spacial score (nSPS) is 17.0. The lowest BCUT2D eigenvalue weighted by atomic mass is 10.0. The van der Waals surface area contributed by atoms with Crippen molar-refractivity contribution < 1.29 is 0 Å². The van der Waals surface area contributed by atoms with Gasteiger partial charge in [-0.05, 0) is 36.8 Å². The lowest BCUT2D eigenvalue weighted by molar-refractivity contribution is 0.574. The molecule has 0 amide bonds. The second kappa shape index (κ2) is 7.60. The molecular formula is C18H24N2S2. The van der Waals surface area contributed by atoms with Crippen molar-refractivity contribution in [1.82, 2.24) is 9.55 Å². The highest BCUT2D eigenvalue weighted by molar-refractivity contribution is 8.21. The molecule has 1 fully saturated rings. The van der Waals surface area contributed by atoms with Crippen molar-refractivity contribution in [3.63, 3.8) is 0 Å². The van der Waals surface area contributed by atoms with Gasteiger partial charge in [-0.1, -0.05) is 31.2 Å². The number of benzene rings is 1. The van der Waals surface area contributed by atoms with Crippen LogP contribution in [0, 0.1) is 0 Å². The van der Waals surface area contributed by atoms with Crippen LogP contribution in [0.4, 0.5) is 0 Å². The van der Waals surface area contributed by atoms with Gasteiger partial charge in [-0.3, -0.25) is 0 Å². The Hall–Kier alpha value is -0.870. The van der Waals surface area contributed by atoms with Crippen LogP contribution in [0.1, 0.15) is 30.9 Å². The Morgan fingerprint density at radius 1 is 1.09 bits per heavy atom. The zero-order valence-electron chi connectivity index (χ0n) is 13.2. The third-order valence-electron chi connectivity index (χ3n) is 4.35. The molecule has 1 aliphatic heterocycles. The number of hydrogen-bond donors (Lipinski definition) is 0. The molecule has 118 valence electrons. The van der Waals surface area contributed by atoms with Gasteiger partial charge in [0.05, 0.1) is 10.4 Å². The quantitative estimate of drug-likeness (QED) is 0.735. The van der Waals surface area contributed by atoms with Crippen LogP contribution in [-0.2, 0) is 19.4 Å². The molecule has 1 aliphatic rings. The first kappa shape index (κ1) is 16.0. The minimum atomic E-state index is 0.397. The second-order valence-electron chi connectivity index (χ2n) is 5.83. The second-order valence-corrected chi connectivity index (χ2v) is 9.04. The Morgan fingerprint density at radius 2 is 1.82 bits per heavy atom. The molecule has 0 saturated carbocycles. The number of aromatic nitrogens is 2. The Kier molecular flexibility index (Phi) is 5.53. The first-order valence-electron chi connectivity index (χ1n) is 8.11. The van der Waals surface area contributed by atoms with Crippen molar-refractivity contribution >= 4 is 23.5 Å². The van der Waals surface area contributed by atoms with Gasteiger partial charge >= 0.3 is 0 Å². The molecular weight excluding hydrogens is 308 g/mol. The summed E-state index contributed by atoms with van der Waals surface area (Å²) in [5.41, 5.74) is 2.91. The lowest BCUT2D eigenvalue weighted by Gasteiger charge is -2.27. The zero-order valence-corrected chi connectivity index (χ0v) is 14.8. The molecule has 0 aliphatic carbocycles. The van der Waals surface area contributed by atoms with E-state index in [-0.39, 0.29) is 0 Å². The molecule has 2 nitrogen and oxygen atoms in total. The molecule has 0 bridgehead atoms. The molecule has 4 heteroatoms. The molecule has 1 saturated heterocycles. The van der Waals surface area contributed by atoms with E-state index >= 15 is 0 Å². The predicted molar refractivity (Wildman–Crippen MR) is 98.6 cm³/mol. The van der Waals surface area contributed by atoms with Crippen LogP contribution in [0.25, 0.3) is 0 Å². The fourth-order valence-electron chi connectivity index (χ4n) is 2.91. The van der Waals surface area contributed by atoms with Gasteiger partial charge in [-0.2, -0.15) is 0 Å². The molecule has 22 heavy (non-hydrogen) atoms. The molecule has 0 spiro atoms. The zero-order chi connectivity index (χ0) is 15.3. The SMILES string of the molecule is CCc1ccc(CCC2(CCn3ccnc3)SCCS2)cc1. The fraction of sp³-hybridized carbons (Fsp3) is 0.500. The number of aryl methyl sites for hydroxylation is 3. The minimum absolute atomic E-state index is 0.397. The van der Waals surface area contributed by atoms with Crippen molar-refractivity contribution in [1.29, 1.82) is 0 Å². The van der Waals surface area contributed by atoms with Crippen LogP contribution in [0.15, 0.2) is 43.0 Å². The van der Waals surface area contributed by atoms with E-state index in [1.165, 1.54) is 41.9 Å². The number of hydrogen-bond acceptors (Lipinski definition) is 3. The van der Waals surface area contributed by atoms with Crippen LogP contribution in [0.2, 0.25) is 0 Å². The Labute approximate surface area is 142 Å². The highest BCUT2D eigenvalue weighted by atomic mass is 32.2. The van der Waals surface area contributed by atoms with Crippen molar-refractivity contribution in [2.24, 2.45) is 0 Å². The summed E-state index contributed by atoms with van der Waals surface area (Å²) in [6.07, 6.45) is 10.7. The van der Waals surface area contributed by atoms with E-state index in [0.29, 0.717) is 4.08 Å². The van der Waals surface area contributed by atoms with Crippen molar-refractivity contribution in [3.05, 3.63) is 54.1 Å². The largest absolute Gasteiger partial charge is 0.337 e. The smallest absolute Gasteiger partial charge is 0.0945 e. The summed E-state index contributed by atoms with van der Waals surface area (Å²) in [5, 5.41) is 0. The summed E-state index contributed by atoms with van der Waals surface area (Å²) < 4.78 is 2.60. The average Bonchev–Trinajstić information content (AvgIpc) is 3.24. The maximum atomic E-state index is 4.15. The van der Waals surface area contributed by atoms with E-state index in [1.807, 2.05) is 12.5 Å². The van der Waals surface area contributed by atoms with Crippen molar-refractivity contribution in [2.75, 3.05) is 11.5 Å². The van der Waals surface area contributed by atoms with Gasteiger partial charge in [0, 0.05) is 30.4 Å². The Morgan fingerprint density at radius 3 is 2.45 bits per heavy atom. The van der Waals surface area contributed by atoms with Gasteiger partial charge in [0.1, 0.15) is 0 Å². The average molecular weight is 333 g/mol. The summed E-state index contributed by atoms with van der Waals surface area (Å²) in [6, 6.07) is 9.18. The van der Waals surface area contributed by atoms with Gasteiger partial charge in [-0.15, -0.1) is 23.5 Å². The van der Waals surface area contributed by atoms with E-state index in [4.69, 9.17) is 0 Å². The van der Waals surface area contributed by atoms with Crippen LogP contribution in [0.3, 0.4) is 0 Å². The van der Waals surface area contributed by atoms with E-state index < -0.39 is 0 Å². The fourth-order valence-corrected chi connectivity index (χ4v) is 6.11. The molecule has 2 aromatic rings. The molecule has 1 aromatic carbocycles. The first-order valence-corrected chi connectivity index (χ1v) is 10.1. The standard InChI is InChI=1S/C18H24N2S2/c1-2-16-3-5-17(6-4-16)7-8-18(21-13-14-22-18)9-11-20-12-10-19-15-20/h3-6,10,12,15H,2,7-9,11,13-14H2,1H3. The number of rotatable bonds is 7. The van der Waals surface area contributed by atoms with Crippen LogP contribution in [-0.4, -0.2) is 25.1 Å². The number of imidazole rings is 1. The lowest BCUT2D eigenvalue weighted by Crippen LogP contribution is -2.20. The van der Waals surface area contributed by atoms with Gasteiger partial charge in [0.15, 0.2) is 0 Å². The highest BCUT2D eigenvalue weighted by Crippen LogP contribution is 2.49. The van der Waals surface area contributed by atoms with E-state index in [2.05, 4.69) is 70.5 Å². The van der Waals surface area contributed by atoms with Gasteiger partial charge in [0.2, 0.25) is 0 Å². The summed E-state index contributed by atoms with van der Waals surface area (Å²) in [6.45, 7) is 3.29. The first-order chi connectivity index (χ1) is 10.8. The van der Waals surface area contributed by atoms with E-state index in [9.17, 15) is 0 Å². The summed E-state index contributed by atoms with van der Waals surface area (Å²) in [7, 11) is 0. The Bertz CT molecular complexity index is 557. The van der Waals surface area contributed by atoms with E-state index in [1.54, 1.807) is 0 Å². The highest BCUT2D eigenvalue weighted by Gasteiger charge is 2.34. The maximum absolute atomic E-state index is 4.15. The molecule has 0 N–H and O–H groups in total. The van der Waals surface area contributed by atoms with Gasteiger partial charge in [0.25, 0.3) is 0 Å². The molecule has 1 aromatic heterocycles. The summed E-state index contributed by atoms with van der Waals surface area (Å²) >= 11 is 4.34. The third kappa shape index (κ3) is 4.11. The minimum Gasteiger partial charge on any atom is -0.337 e. The Balaban J connectivity index is 1.58. The molecule has 2 heterocycles. The maximum Gasteiger partial charge on any atom is 0.0945 e. The monoisotopic (exact) mass is 332 g/mol.